The Labute approximate surface area is 293 Å². The van der Waals surface area contributed by atoms with Crippen LogP contribution in [0.5, 0.6) is 11.5 Å². The summed E-state index contributed by atoms with van der Waals surface area (Å²) in [7, 11) is 0. The molecule has 1 N–H and O–H groups in total. The standard InChI is InChI=1S/C22H20N4O3S.C13H10ClN3OS/c1-2-4-18-14(3-1)19-21(25-20(26-22(19)30-18)16-8-10-24-29-16)23-9-7-13-5-6-15-17(11-13)28-12-27-15;14-11-10-7-3-1-2-4-9(7)19-13(10)17-12(16-11)8-5-6-15-18-8/h5-6,8,10-11H,1-4,7,9,12H2,(H,23,25,26);5-6H,1-4H2. The van der Waals surface area contributed by atoms with Gasteiger partial charge in [-0.05, 0) is 86.6 Å². The topological polar surface area (TPSA) is 134 Å². The summed E-state index contributed by atoms with van der Waals surface area (Å²) in [6.45, 7) is 1.05. The largest absolute Gasteiger partial charge is 0.454 e. The molecule has 0 spiro atoms. The third-order valence-electron chi connectivity index (χ3n) is 9.04. The molecule has 248 valence electrons. The highest BCUT2D eigenvalue weighted by molar-refractivity contribution is 7.19. The Hall–Kier alpha value is -4.59. The maximum atomic E-state index is 6.35. The van der Waals surface area contributed by atoms with Gasteiger partial charge in [0, 0.05) is 28.4 Å². The molecule has 6 aromatic heterocycles. The number of rotatable bonds is 6. The first kappa shape index (κ1) is 30.5. The molecule has 49 heavy (non-hydrogen) atoms. The van der Waals surface area contributed by atoms with Gasteiger partial charge in [0.2, 0.25) is 30.0 Å². The Morgan fingerprint density at radius 2 is 1.33 bits per heavy atom. The lowest BCUT2D eigenvalue weighted by Crippen LogP contribution is -2.09. The molecule has 10 rings (SSSR count). The molecular formula is C35H30ClN7O4S2. The lowest BCUT2D eigenvalue weighted by atomic mass is 9.97. The SMILES string of the molecule is Clc1nc(-c2ccno2)nc2sc3c(c12)CCCC3.c1cc(-c2nc(NCCc3ccc4c(c3)OCO4)c3c4c(sc3n2)CCCC4)on1. The van der Waals surface area contributed by atoms with Gasteiger partial charge >= 0.3 is 0 Å². The highest BCUT2D eigenvalue weighted by Gasteiger charge is 2.23. The van der Waals surface area contributed by atoms with Crippen molar-refractivity contribution >= 4 is 60.5 Å². The second-order valence-electron chi connectivity index (χ2n) is 12.1. The van der Waals surface area contributed by atoms with E-state index in [1.807, 2.05) is 12.1 Å². The lowest BCUT2D eigenvalue weighted by molar-refractivity contribution is 0.174. The van der Waals surface area contributed by atoms with E-state index in [4.69, 9.17) is 40.1 Å². The van der Waals surface area contributed by atoms with Crippen LogP contribution in [0.2, 0.25) is 5.15 Å². The number of benzene rings is 1. The van der Waals surface area contributed by atoms with Crippen LogP contribution in [0.4, 0.5) is 5.82 Å². The van der Waals surface area contributed by atoms with E-state index >= 15 is 0 Å². The Bertz CT molecular complexity index is 2290. The minimum absolute atomic E-state index is 0.295. The molecule has 0 unspecified atom stereocenters. The summed E-state index contributed by atoms with van der Waals surface area (Å²) in [5, 5.41) is 13.8. The van der Waals surface area contributed by atoms with Gasteiger partial charge in [0.15, 0.2) is 11.5 Å². The second kappa shape index (κ2) is 13.0. The number of ether oxygens (including phenoxy) is 2. The van der Waals surface area contributed by atoms with Crippen molar-refractivity contribution in [1.29, 1.82) is 0 Å². The molecule has 1 aliphatic heterocycles. The predicted octanol–water partition coefficient (Wildman–Crippen LogP) is 8.49. The molecule has 1 aromatic carbocycles. The van der Waals surface area contributed by atoms with Crippen molar-refractivity contribution in [1.82, 2.24) is 30.2 Å². The quantitative estimate of drug-likeness (QED) is 0.166. The number of nitrogens with one attached hydrogen (secondary N) is 1. The van der Waals surface area contributed by atoms with Gasteiger partial charge in [-0.1, -0.05) is 28.0 Å². The molecule has 0 saturated heterocycles. The number of thiophene rings is 2. The third-order valence-corrected chi connectivity index (χ3v) is 11.7. The van der Waals surface area contributed by atoms with Crippen molar-refractivity contribution in [2.24, 2.45) is 0 Å². The predicted molar refractivity (Wildman–Crippen MR) is 189 cm³/mol. The molecule has 0 radical (unpaired) electrons. The van der Waals surface area contributed by atoms with Crippen LogP contribution >= 0.6 is 34.3 Å². The number of halogens is 1. The fourth-order valence-electron chi connectivity index (χ4n) is 6.70. The van der Waals surface area contributed by atoms with Crippen LogP contribution in [0.15, 0.2) is 51.8 Å². The highest BCUT2D eigenvalue weighted by Crippen LogP contribution is 2.41. The van der Waals surface area contributed by atoms with Gasteiger partial charge in [-0.3, -0.25) is 0 Å². The van der Waals surface area contributed by atoms with Crippen LogP contribution in [0.1, 0.15) is 52.1 Å². The molecule has 3 aliphatic rings. The molecule has 0 bridgehead atoms. The molecule has 7 heterocycles. The molecule has 0 fully saturated rings. The zero-order valence-corrected chi connectivity index (χ0v) is 28.7. The van der Waals surface area contributed by atoms with Crippen LogP contribution in [0, 0.1) is 0 Å². The second-order valence-corrected chi connectivity index (χ2v) is 14.7. The van der Waals surface area contributed by atoms with E-state index in [1.54, 1.807) is 47.2 Å². The van der Waals surface area contributed by atoms with E-state index < -0.39 is 0 Å². The van der Waals surface area contributed by atoms with Crippen molar-refractivity contribution in [3.05, 3.63) is 74.3 Å². The van der Waals surface area contributed by atoms with Crippen molar-refractivity contribution < 1.29 is 18.5 Å². The summed E-state index contributed by atoms with van der Waals surface area (Å²) in [4.78, 5) is 23.4. The number of fused-ring (bicyclic) bond motifs is 7. The summed E-state index contributed by atoms with van der Waals surface area (Å²) in [5.41, 5.74) is 3.95. The smallest absolute Gasteiger partial charge is 0.231 e. The first-order valence-electron chi connectivity index (χ1n) is 16.4. The van der Waals surface area contributed by atoms with E-state index in [0.717, 1.165) is 71.0 Å². The average molecular weight is 712 g/mol. The van der Waals surface area contributed by atoms with Crippen molar-refractivity contribution in [2.45, 2.75) is 57.8 Å². The van der Waals surface area contributed by atoms with Crippen molar-refractivity contribution in [3.8, 4) is 34.7 Å². The molecular weight excluding hydrogens is 682 g/mol. The number of aromatic nitrogens is 6. The van der Waals surface area contributed by atoms with Gasteiger partial charge in [-0.15, -0.1) is 22.7 Å². The Balaban J connectivity index is 0.000000147. The summed E-state index contributed by atoms with van der Waals surface area (Å²) in [6.07, 6.45) is 13.4. The Morgan fingerprint density at radius 1 is 0.694 bits per heavy atom. The molecule has 14 heteroatoms. The van der Waals surface area contributed by atoms with Crippen molar-refractivity contribution in [2.75, 3.05) is 18.7 Å². The summed E-state index contributed by atoms with van der Waals surface area (Å²) < 4.78 is 21.3. The summed E-state index contributed by atoms with van der Waals surface area (Å²) in [5.74, 6) is 4.73. The Morgan fingerprint density at radius 3 is 2.02 bits per heavy atom. The highest BCUT2D eigenvalue weighted by atomic mass is 35.5. The number of nitrogens with zero attached hydrogens (tertiary/aromatic N) is 6. The van der Waals surface area contributed by atoms with E-state index in [2.05, 4.69) is 31.7 Å². The third kappa shape index (κ3) is 5.89. The van der Waals surface area contributed by atoms with Crippen LogP contribution in [0.25, 0.3) is 43.6 Å². The number of aryl methyl sites for hydroxylation is 4. The maximum Gasteiger partial charge on any atom is 0.231 e. The van der Waals surface area contributed by atoms with Crippen LogP contribution in [0.3, 0.4) is 0 Å². The monoisotopic (exact) mass is 711 g/mol. The summed E-state index contributed by atoms with van der Waals surface area (Å²) in [6, 6.07) is 9.64. The van der Waals surface area contributed by atoms with Gasteiger partial charge in [0.25, 0.3) is 0 Å². The molecule has 0 amide bonds. The molecule has 2 aliphatic carbocycles. The van der Waals surface area contributed by atoms with Gasteiger partial charge in [0.05, 0.1) is 23.2 Å². The van der Waals surface area contributed by atoms with Gasteiger partial charge in [-0.25, -0.2) is 19.9 Å². The maximum absolute atomic E-state index is 6.35. The minimum atomic E-state index is 0.295. The van der Waals surface area contributed by atoms with E-state index in [0.29, 0.717) is 35.1 Å². The molecule has 0 atom stereocenters. The van der Waals surface area contributed by atoms with Crippen LogP contribution in [-0.2, 0) is 32.1 Å². The first-order chi connectivity index (χ1) is 24.2. The number of hydrogen-bond acceptors (Lipinski definition) is 13. The van der Waals surface area contributed by atoms with E-state index in [1.165, 1.54) is 57.5 Å². The van der Waals surface area contributed by atoms with E-state index in [-0.39, 0.29) is 0 Å². The van der Waals surface area contributed by atoms with Gasteiger partial charge in [-0.2, -0.15) is 0 Å². The summed E-state index contributed by atoms with van der Waals surface area (Å²) >= 11 is 9.86. The zero-order chi connectivity index (χ0) is 32.7. The average Bonchev–Trinajstić information content (AvgIpc) is 3.97. The first-order valence-corrected chi connectivity index (χ1v) is 18.4. The normalized spacial score (nSPS) is 14.8. The van der Waals surface area contributed by atoms with Crippen LogP contribution < -0.4 is 14.8 Å². The molecule has 11 nitrogen and oxygen atoms in total. The number of anilines is 1. The fraction of sp³-hybridized carbons (Fsp3) is 0.314. The number of hydrogen-bond donors (Lipinski definition) is 1. The molecule has 7 aromatic rings. The van der Waals surface area contributed by atoms with Crippen molar-refractivity contribution in [3.63, 3.8) is 0 Å². The minimum Gasteiger partial charge on any atom is -0.454 e. The molecule has 0 saturated carbocycles. The Kier molecular flexibility index (Phi) is 8.10. The van der Waals surface area contributed by atoms with Gasteiger partial charge in [0.1, 0.15) is 20.6 Å². The van der Waals surface area contributed by atoms with Gasteiger partial charge < -0.3 is 23.8 Å². The zero-order valence-electron chi connectivity index (χ0n) is 26.3. The fourth-order valence-corrected chi connectivity index (χ4v) is 9.56. The van der Waals surface area contributed by atoms with E-state index in [9.17, 15) is 0 Å². The van der Waals surface area contributed by atoms with Crippen LogP contribution in [-0.4, -0.2) is 43.6 Å². The lowest BCUT2D eigenvalue weighted by Gasteiger charge is -2.13.